The van der Waals surface area contributed by atoms with Crippen molar-refractivity contribution < 1.29 is 13.9 Å². The molecular formula is C13H12ClFO2. The summed E-state index contributed by atoms with van der Waals surface area (Å²) < 4.78 is 18.3. The molecule has 0 aliphatic heterocycles. The molecule has 1 N–H and O–H groups in total. The fraction of sp³-hybridized carbons (Fsp3) is 0.231. The third-order valence-electron chi connectivity index (χ3n) is 2.67. The van der Waals surface area contributed by atoms with Gasteiger partial charge in [-0.2, -0.15) is 0 Å². The van der Waals surface area contributed by atoms with Crippen LogP contribution in [-0.4, -0.2) is 5.11 Å². The van der Waals surface area contributed by atoms with E-state index in [-0.39, 0.29) is 5.02 Å². The molecule has 0 fully saturated rings. The van der Waals surface area contributed by atoms with Gasteiger partial charge < -0.3 is 9.52 Å². The molecule has 1 atom stereocenters. The number of halogens is 2. The quantitative estimate of drug-likeness (QED) is 0.907. The van der Waals surface area contributed by atoms with Crippen molar-refractivity contribution in [3.8, 4) is 0 Å². The predicted molar refractivity (Wildman–Crippen MR) is 63.5 cm³/mol. The highest BCUT2D eigenvalue weighted by atomic mass is 35.5. The first-order valence-electron chi connectivity index (χ1n) is 5.24. The number of rotatable bonds is 3. The molecule has 0 spiro atoms. The lowest BCUT2D eigenvalue weighted by atomic mass is 10.0. The maximum Gasteiger partial charge on any atom is 0.142 e. The molecule has 0 saturated heterocycles. The molecule has 0 amide bonds. The molecule has 0 radical (unpaired) electrons. The van der Waals surface area contributed by atoms with Crippen LogP contribution >= 0.6 is 11.6 Å². The Morgan fingerprint density at radius 3 is 2.76 bits per heavy atom. The van der Waals surface area contributed by atoms with Gasteiger partial charge in [0.15, 0.2) is 0 Å². The second-order valence-electron chi connectivity index (χ2n) is 3.90. The minimum atomic E-state index is -0.700. The zero-order valence-electron chi connectivity index (χ0n) is 9.28. The second kappa shape index (κ2) is 4.90. The van der Waals surface area contributed by atoms with Crippen molar-refractivity contribution in [1.29, 1.82) is 0 Å². The van der Waals surface area contributed by atoms with E-state index in [1.807, 2.05) is 0 Å². The van der Waals surface area contributed by atoms with Crippen LogP contribution < -0.4 is 0 Å². The third kappa shape index (κ3) is 2.68. The minimum Gasteiger partial charge on any atom is -0.469 e. The van der Waals surface area contributed by atoms with Crippen molar-refractivity contribution in [2.24, 2.45) is 0 Å². The molecule has 0 bridgehead atoms. The van der Waals surface area contributed by atoms with E-state index in [9.17, 15) is 9.50 Å². The molecule has 2 aromatic rings. The summed E-state index contributed by atoms with van der Waals surface area (Å²) in [5, 5.41) is 10.1. The Balaban J connectivity index is 2.16. The van der Waals surface area contributed by atoms with Gasteiger partial charge in [-0.3, -0.25) is 0 Å². The Morgan fingerprint density at radius 2 is 2.18 bits per heavy atom. The summed E-state index contributed by atoms with van der Waals surface area (Å²) in [5.41, 5.74) is 1.42. The monoisotopic (exact) mass is 254 g/mol. The molecule has 2 rings (SSSR count). The topological polar surface area (TPSA) is 33.4 Å². The second-order valence-corrected chi connectivity index (χ2v) is 4.31. The fourth-order valence-electron chi connectivity index (χ4n) is 1.74. The number of aliphatic hydroxyl groups is 1. The molecule has 1 heterocycles. The van der Waals surface area contributed by atoms with E-state index < -0.39 is 11.9 Å². The average molecular weight is 255 g/mol. The summed E-state index contributed by atoms with van der Waals surface area (Å²) in [6.07, 6.45) is 1.15. The van der Waals surface area contributed by atoms with Crippen LogP contribution in [0.15, 0.2) is 34.9 Å². The first kappa shape index (κ1) is 12.1. The zero-order chi connectivity index (χ0) is 12.4. The number of hydrogen-bond donors (Lipinski definition) is 1. The molecule has 1 aromatic carbocycles. The van der Waals surface area contributed by atoms with Gasteiger partial charge in [-0.1, -0.05) is 17.7 Å². The van der Waals surface area contributed by atoms with Gasteiger partial charge in [0.1, 0.15) is 11.6 Å². The van der Waals surface area contributed by atoms with Gasteiger partial charge in [-0.15, -0.1) is 0 Å². The van der Waals surface area contributed by atoms with Gasteiger partial charge >= 0.3 is 0 Å². The summed E-state index contributed by atoms with van der Waals surface area (Å²) in [7, 11) is 0. The normalized spacial score (nSPS) is 12.7. The van der Waals surface area contributed by atoms with E-state index in [4.69, 9.17) is 16.0 Å². The Kier molecular flexibility index (Phi) is 3.50. The first-order chi connectivity index (χ1) is 8.08. The largest absolute Gasteiger partial charge is 0.469 e. The molecule has 0 aliphatic rings. The summed E-state index contributed by atoms with van der Waals surface area (Å²) in [6, 6.07) is 6.23. The number of furan rings is 1. The average Bonchev–Trinajstić information content (AvgIpc) is 2.70. The van der Waals surface area contributed by atoms with Gasteiger partial charge in [-0.05, 0) is 30.7 Å². The molecule has 1 aromatic heterocycles. The van der Waals surface area contributed by atoms with E-state index in [1.54, 1.807) is 19.1 Å². The van der Waals surface area contributed by atoms with Crippen LogP contribution in [0, 0.1) is 12.7 Å². The maximum absolute atomic E-state index is 13.2. The van der Waals surface area contributed by atoms with Crippen LogP contribution in [0.2, 0.25) is 5.02 Å². The van der Waals surface area contributed by atoms with Gasteiger partial charge in [0, 0.05) is 12.0 Å². The lowest BCUT2D eigenvalue weighted by molar-refractivity contribution is 0.176. The minimum absolute atomic E-state index is 0.0859. The van der Waals surface area contributed by atoms with E-state index in [0.29, 0.717) is 17.7 Å². The standard InChI is InChI=1S/C13H12ClFO2/c1-8-10(4-5-17-8)13(16)7-9-2-3-11(14)12(15)6-9/h2-6,13,16H,7H2,1H3. The van der Waals surface area contributed by atoms with Gasteiger partial charge in [0.2, 0.25) is 0 Å². The molecule has 0 aliphatic carbocycles. The summed E-state index contributed by atoms with van der Waals surface area (Å²) >= 11 is 5.59. The van der Waals surface area contributed by atoms with Crippen LogP contribution in [0.25, 0.3) is 0 Å². The summed E-state index contributed by atoms with van der Waals surface area (Å²) in [6.45, 7) is 1.78. The van der Waals surface area contributed by atoms with Crippen molar-refractivity contribution in [2.45, 2.75) is 19.4 Å². The van der Waals surface area contributed by atoms with Crippen LogP contribution in [0.3, 0.4) is 0 Å². The van der Waals surface area contributed by atoms with Gasteiger partial charge in [-0.25, -0.2) is 4.39 Å². The van der Waals surface area contributed by atoms with Crippen molar-refractivity contribution in [2.75, 3.05) is 0 Å². The van der Waals surface area contributed by atoms with E-state index in [2.05, 4.69) is 0 Å². The smallest absolute Gasteiger partial charge is 0.142 e. The van der Waals surface area contributed by atoms with Gasteiger partial charge in [0.25, 0.3) is 0 Å². The zero-order valence-corrected chi connectivity index (χ0v) is 10.0. The molecule has 90 valence electrons. The first-order valence-corrected chi connectivity index (χ1v) is 5.61. The third-order valence-corrected chi connectivity index (χ3v) is 2.98. The van der Waals surface area contributed by atoms with Crippen molar-refractivity contribution >= 4 is 11.6 Å². The summed E-state index contributed by atoms with van der Waals surface area (Å²) in [5.74, 6) is 0.201. The summed E-state index contributed by atoms with van der Waals surface area (Å²) in [4.78, 5) is 0. The van der Waals surface area contributed by atoms with E-state index >= 15 is 0 Å². The molecule has 1 unspecified atom stereocenters. The van der Waals surface area contributed by atoms with Crippen molar-refractivity contribution in [3.63, 3.8) is 0 Å². The van der Waals surface area contributed by atoms with E-state index in [0.717, 1.165) is 5.56 Å². The Labute approximate surface area is 104 Å². The van der Waals surface area contributed by atoms with Crippen LogP contribution in [0.1, 0.15) is 23.0 Å². The van der Waals surface area contributed by atoms with Crippen LogP contribution in [0.4, 0.5) is 4.39 Å². The van der Waals surface area contributed by atoms with Crippen LogP contribution in [0.5, 0.6) is 0 Å². The lowest BCUT2D eigenvalue weighted by Crippen LogP contribution is -2.02. The molecule has 2 nitrogen and oxygen atoms in total. The van der Waals surface area contributed by atoms with Crippen molar-refractivity contribution in [3.05, 3.63) is 58.3 Å². The van der Waals surface area contributed by atoms with Crippen molar-refractivity contribution in [1.82, 2.24) is 0 Å². The fourth-order valence-corrected chi connectivity index (χ4v) is 1.86. The molecule has 17 heavy (non-hydrogen) atoms. The van der Waals surface area contributed by atoms with Crippen LogP contribution in [-0.2, 0) is 6.42 Å². The highest BCUT2D eigenvalue weighted by molar-refractivity contribution is 6.30. The number of aryl methyl sites for hydroxylation is 1. The Morgan fingerprint density at radius 1 is 1.41 bits per heavy atom. The predicted octanol–water partition coefficient (Wildman–Crippen LogP) is 3.66. The SMILES string of the molecule is Cc1occc1C(O)Cc1ccc(Cl)c(F)c1. The highest BCUT2D eigenvalue weighted by Crippen LogP contribution is 2.24. The molecular weight excluding hydrogens is 243 g/mol. The van der Waals surface area contributed by atoms with Gasteiger partial charge in [0.05, 0.1) is 17.4 Å². The number of aliphatic hydroxyl groups excluding tert-OH is 1. The highest BCUT2D eigenvalue weighted by Gasteiger charge is 2.14. The number of hydrogen-bond acceptors (Lipinski definition) is 2. The maximum atomic E-state index is 13.2. The lowest BCUT2D eigenvalue weighted by Gasteiger charge is -2.10. The Hall–Kier alpha value is -1.32. The van der Waals surface area contributed by atoms with E-state index in [1.165, 1.54) is 18.4 Å². The molecule has 4 heteroatoms. The Bertz CT molecular complexity index is 522. The number of benzene rings is 1. The molecule has 0 saturated carbocycles.